The van der Waals surface area contributed by atoms with Crippen LogP contribution in [0.15, 0.2) is 54.6 Å². The highest BCUT2D eigenvalue weighted by atomic mass is 19.1. The molecule has 1 aliphatic rings. The highest BCUT2D eigenvalue weighted by molar-refractivity contribution is 5.92. The number of aromatic nitrogens is 2. The van der Waals surface area contributed by atoms with Gasteiger partial charge in [0.1, 0.15) is 17.3 Å². The van der Waals surface area contributed by atoms with Crippen molar-refractivity contribution in [2.24, 2.45) is 0 Å². The van der Waals surface area contributed by atoms with Crippen molar-refractivity contribution in [2.45, 2.75) is 25.4 Å². The summed E-state index contributed by atoms with van der Waals surface area (Å²) in [4.78, 5) is 14.7. The molecular formula is C23H25FN4O2. The van der Waals surface area contributed by atoms with Crippen molar-refractivity contribution in [3.8, 4) is 5.75 Å². The smallest absolute Gasteiger partial charge is 0.272 e. The Hall–Kier alpha value is -3.19. The number of para-hydroxylation sites is 1. The summed E-state index contributed by atoms with van der Waals surface area (Å²) < 4.78 is 19.2. The third-order valence-corrected chi connectivity index (χ3v) is 5.53. The summed E-state index contributed by atoms with van der Waals surface area (Å²) in [6.07, 6.45) is 0.943. The van der Waals surface area contributed by atoms with E-state index in [1.54, 1.807) is 13.2 Å². The van der Waals surface area contributed by atoms with E-state index in [0.29, 0.717) is 24.3 Å². The minimum absolute atomic E-state index is 0.170. The van der Waals surface area contributed by atoms with Crippen molar-refractivity contribution in [3.05, 3.63) is 82.9 Å². The van der Waals surface area contributed by atoms with Crippen LogP contribution in [0.5, 0.6) is 5.75 Å². The number of carbonyl (C=O) groups is 1. The quantitative estimate of drug-likeness (QED) is 0.628. The van der Waals surface area contributed by atoms with Crippen LogP contribution in [0.25, 0.3) is 0 Å². The van der Waals surface area contributed by atoms with Crippen molar-refractivity contribution in [1.29, 1.82) is 0 Å². The van der Waals surface area contributed by atoms with Crippen molar-refractivity contribution < 1.29 is 13.9 Å². The summed E-state index contributed by atoms with van der Waals surface area (Å²) in [5.74, 6) is 0.586. The molecule has 1 atom stereocenters. The van der Waals surface area contributed by atoms with E-state index < -0.39 is 0 Å². The Bertz CT molecular complexity index is 1020. The van der Waals surface area contributed by atoms with E-state index in [-0.39, 0.29) is 17.6 Å². The Morgan fingerprint density at radius 3 is 2.80 bits per heavy atom. The molecule has 1 aliphatic heterocycles. The monoisotopic (exact) mass is 408 g/mol. The molecule has 0 spiro atoms. The van der Waals surface area contributed by atoms with Gasteiger partial charge in [0.25, 0.3) is 5.91 Å². The number of ether oxygens (including phenoxy) is 1. The second-order valence-electron chi connectivity index (χ2n) is 7.52. The summed E-state index contributed by atoms with van der Waals surface area (Å²) in [7, 11) is 1.61. The van der Waals surface area contributed by atoms with Gasteiger partial charge in [-0.1, -0.05) is 36.4 Å². The Morgan fingerprint density at radius 2 is 2.00 bits per heavy atom. The molecule has 1 amide bonds. The lowest BCUT2D eigenvalue weighted by Gasteiger charge is -2.16. The maximum atomic E-state index is 13.9. The van der Waals surface area contributed by atoms with Crippen LogP contribution in [-0.4, -0.2) is 41.2 Å². The molecule has 6 nitrogen and oxygen atoms in total. The van der Waals surface area contributed by atoms with Gasteiger partial charge in [0.15, 0.2) is 0 Å². The molecule has 3 aromatic rings. The topological polar surface area (TPSA) is 70.2 Å². The van der Waals surface area contributed by atoms with Crippen LogP contribution >= 0.6 is 0 Å². The summed E-state index contributed by atoms with van der Waals surface area (Å²) in [6, 6.07) is 16.3. The van der Waals surface area contributed by atoms with E-state index in [9.17, 15) is 9.18 Å². The zero-order valence-electron chi connectivity index (χ0n) is 16.9. The van der Waals surface area contributed by atoms with Gasteiger partial charge in [0.05, 0.1) is 7.11 Å². The predicted molar refractivity (Wildman–Crippen MR) is 112 cm³/mol. The van der Waals surface area contributed by atoms with Crippen molar-refractivity contribution in [1.82, 2.24) is 20.4 Å². The number of benzene rings is 2. The number of carbonyl (C=O) groups excluding carboxylic acids is 1. The van der Waals surface area contributed by atoms with Gasteiger partial charge in [-0.25, -0.2) is 4.39 Å². The molecule has 0 aliphatic carbocycles. The van der Waals surface area contributed by atoms with E-state index in [0.717, 1.165) is 36.5 Å². The normalized spacial score (nSPS) is 16.5. The lowest BCUT2D eigenvalue weighted by molar-refractivity contribution is 0.0945. The first-order chi connectivity index (χ1) is 14.6. The zero-order valence-corrected chi connectivity index (χ0v) is 16.9. The average Bonchev–Trinajstić information content (AvgIpc) is 3.43. The van der Waals surface area contributed by atoms with Crippen LogP contribution in [0.1, 0.15) is 39.6 Å². The molecule has 1 fully saturated rings. The highest BCUT2D eigenvalue weighted by Crippen LogP contribution is 2.27. The molecule has 2 aromatic carbocycles. The molecule has 0 bridgehead atoms. The first-order valence-corrected chi connectivity index (χ1v) is 10.0. The molecule has 1 saturated heterocycles. The third-order valence-electron chi connectivity index (χ3n) is 5.53. The Morgan fingerprint density at radius 1 is 1.23 bits per heavy atom. The third kappa shape index (κ3) is 4.52. The summed E-state index contributed by atoms with van der Waals surface area (Å²) >= 11 is 0. The fourth-order valence-electron chi connectivity index (χ4n) is 3.87. The number of amides is 1. The first kappa shape index (κ1) is 20.1. The molecule has 2 heterocycles. The number of rotatable bonds is 7. The number of hydrogen-bond acceptors (Lipinski definition) is 4. The number of aromatic amines is 1. The van der Waals surface area contributed by atoms with Gasteiger partial charge in [-0.3, -0.25) is 14.8 Å². The number of H-pyrrole nitrogens is 1. The molecular weight excluding hydrogens is 383 g/mol. The molecule has 0 unspecified atom stereocenters. The van der Waals surface area contributed by atoms with Gasteiger partial charge in [0.2, 0.25) is 0 Å². The van der Waals surface area contributed by atoms with Crippen LogP contribution in [0, 0.1) is 5.82 Å². The molecule has 4 rings (SSSR count). The average molecular weight is 408 g/mol. The Balaban J connectivity index is 1.34. The van der Waals surface area contributed by atoms with Crippen molar-refractivity contribution in [2.75, 3.05) is 20.2 Å². The second kappa shape index (κ2) is 9.09. The molecule has 2 N–H and O–H groups in total. The molecule has 1 aromatic heterocycles. The van der Waals surface area contributed by atoms with Crippen LogP contribution in [0.3, 0.4) is 0 Å². The largest absolute Gasteiger partial charge is 0.496 e. The van der Waals surface area contributed by atoms with E-state index in [1.165, 1.54) is 6.07 Å². The van der Waals surface area contributed by atoms with Crippen LogP contribution in [0.2, 0.25) is 0 Å². The summed E-state index contributed by atoms with van der Waals surface area (Å²) in [6.45, 7) is 2.64. The number of hydrogen-bond donors (Lipinski definition) is 2. The zero-order chi connectivity index (χ0) is 20.9. The van der Waals surface area contributed by atoms with E-state index in [4.69, 9.17) is 4.74 Å². The first-order valence-electron chi connectivity index (χ1n) is 10.0. The minimum atomic E-state index is -0.232. The number of likely N-dealkylation sites (tertiary alicyclic amines) is 1. The fraction of sp³-hybridized carbons (Fsp3) is 0.304. The van der Waals surface area contributed by atoms with E-state index in [2.05, 4.69) is 20.4 Å². The Labute approximate surface area is 175 Å². The maximum absolute atomic E-state index is 13.9. The van der Waals surface area contributed by atoms with Gasteiger partial charge >= 0.3 is 0 Å². The molecule has 0 saturated carbocycles. The molecule has 156 valence electrons. The van der Waals surface area contributed by atoms with E-state index >= 15 is 0 Å². The summed E-state index contributed by atoms with van der Waals surface area (Å²) in [5.41, 5.74) is 2.92. The van der Waals surface area contributed by atoms with Gasteiger partial charge in [-0.15, -0.1) is 0 Å². The van der Waals surface area contributed by atoms with Gasteiger partial charge < -0.3 is 10.1 Å². The molecule has 7 heteroatoms. The van der Waals surface area contributed by atoms with Gasteiger partial charge in [-0.2, -0.15) is 5.10 Å². The van der Waals surface area contributed by atoms with Gasteiger partial charge in [-0.05, 0) is 31.2 Å². The predicted octanol–water partition coefficient (Wildman–Crippen LogP) is 3.48. The maximum Gasteiger partial charge on any atom is 0.272 e. The van der Waals surface area contributed by atoms with Gasteiger partial charge in [0, 0.05) is 42.4 Å². The minimum Gasteiger partial charge on any atom is -0.496 e. The lowest BCUT2D eigenvalue weighted by atomic mass is 10.0. The highest BCUT2D eigenvalue weighted by Gasteiger charge is 2.26. The standard InChI is InChI=1S/C23H25FN4O2/c1-30-22-9-5-3-6-16(22)13-25-23(29)21-12-20(26-27-21)18-10-11-28(15-18)14-17-7-2-4-8-19(17)24/h2-9,12,18H,10-11,13-15H2,1H3,(H,25,29)(H,26,27)/t18-/m0/s1. The number of halogens is 1. The number of nitrogens with one attached hydrogen (secondary N) is 2. The molecule has 0 radical (unpaired) electrons. The molecule has 30 heavy (non-hydrogen) atoms. The Kier molecular flexibility index (Phi) is 6.09. The van der Waals surface area contributed by atoms with E-state index in [1.807, 2.05) is 42.5 Å². The number of methoxy groups -OCH3 is 1. The van der Waals surface area contributed by atoms with Crippen LogP contribution in [-0.2, 0) is 13.1 Å². The SMILES string of the molecule is COc1ccccc1CNC(=O)c1cc([C@H]2CCN(Cc3ccccc3F)C2)[nH]n1. The van der Waals surface area contributed by atoms with Crippen LogP contribution < -0.4 is 10.1 Å². The second-order valence-corrected chi connectivity index (χ2v) is 7.52. The lowest BCUT2D eigenvalue weighted by Crippen LogP contribution is -2.23. The van der Waals surface area contributed by atoms with Crippen molar-refractivity contribution >= 4 is 5.91 Å². The van der Waals surface area contributed by atoms with Crippen molar-refractivity contribution in [3.63, 3.8) is 0 Å². The van der Waals surface area contributed by atoms with Crippen LogP contribution in [0.4, 0.5) is 4.39 Å². The number of nitrogens with zero attached hydrogens (tertiary/aromatic N) is 2. The fourth-order valence-corrected chi connectivity index (χ4v) is 3.87. The summed E-state index contributed by atoms with van der Waals surface area (Å²) in [5, 5.41) is 10.1.